The van der Waals surface area contributed by atoms with E-state index in [9.17, 15) is 13.2 Å². The molecule has 1 aliphatic heterocycles. The van der Waals surface area contributed by atoms with Crippen LogP contribution in [0.25, 0.3) is 0 Å². The van der Waals surface area contributed by atoms with E-state index >= 15 is 0 Å². The van der Waals surface area contributed by atoms with E-state index < -0.39 is 10.0 Å². The van der Waals surface area contributed by atoms with Crippen molar-refractivity contribution in [2.75, 3.05) is 18.8 Å². The molecule has 8 heteroatoms. The van der Waals surface area contributed by atoms with Gasteiger partial charge in [-0.3, -0.25) is 9.48 Å². The van der Waals surface area contributed by atoms with Crippen molar-refractivity contribution < 1.29 is 13.2 Å². The molecule has 1 saturated heterocycles. The van der Waals surface area contributed by atoms with Crippen LogP contribution in [0.2, 0.25) is 0 Å². The van der Waals surface area contributed by atoms with Crippen molar-refractivity contribution in [2.45, 2.75) is 31.7 Å². The molecule has 2 rings (SSSR count). The smallest absolute Gasteiger partial charge is 0.254 e. The van der Waals surface area contributed by atoms with Crippen LogP contribution in [0.15, 0.2) is 25.0 Å². The maximum atomic E-state index is 12.4. The summed E-state index contributed by atoms with van der Waals surface area (Å²) in [5.41, 5.74) is 0.478. The van der Waals surface area contributed by atoms with E-state index in [2.05, 4.69) is 17.0 Å². The molecule has 0 bridgehead atoms. The lowest BCUT2D eigenvalue weighted by Crippen LogP contribution is -2.43. The molecule has 0 spiro atoms. The summed E-state index contributed by atoms with van der Waals surface area (Å²) in [4.78, 5) is 12.0. The summed E-state index contributed by atoms with van der Waals surface area (Å²) in [6, 6.07) is -0.163. The number of hydrogen-bond donors (Lipinski definition) is 1. The number of carbonyl (C=O) groups is 1. The maximum absolute atomic E-state index is 12.4. The normalized spacial score (nSPS) is 18.9. The van der Waals surface area contributed by atoms with Gasteiger partial charge in [-0.15, -0.1) is 6.58 Å². The molecule has 0 saturated carbocycles. The van der Waals surface area contributed by atoms with E-state index in [4.69, 9.17) is 0 Å². The first-order chi connectivity index (χ1) is 10.9. The first-order valence-corrected chi connectivity index (χ1v) is 9.42. The van der Waals surface area contributed by atoms with E-state index in [0.29, 0.717) is 31.5 Å². The molecular weight excluding hydrogens is 316 g/mol. The van der Waals surface area contributed by atoms with Gasteiger partial charge in [-0.2, -0.15) is 9.40 Å². The van der Waals surface area contributed by atoms with Crippen LogP contribution in [-0.4, -0.2) is 53.3 Å². The number of unbranched alkanes of at least 4 members (excludes halogenated alkanes) is 1. The fourth-order valence-corrected chi connectivity index (χ4v) is 4.57. The number of amides is 1. The predicted octanol–water partition coefficient (Wildman–Crippen LogP) is 0.910. The van der Waals surface area contributed by atoms with Crippen molar-refractivity contribution in [3.8, 4) is 0 Å². The average Bonchev–Trinajstić information content (AvgIpc) is 3.14. The molecular formula is C15H24N4O3S. The highest BCUT2D eigenvalue weighted by molar-refractivity contribution is 7.89. The van der Waals surface area contributed by atoms with E-state index in [-0.39, 0.29) is 17.7 Å². The number of allylic oxidation sites excluding steroid dienone is 1. The van der Waals surface area contributed by atoms with Crippen molar-refractivity contribution in [1.29, 1.82) is 0 Å². The Morgan fingerprint density at radius 2 is 2.35 bits per heavy atom. The van der Waals surface area contributed by atoms with Gasteiger partial charge in [0.25, 0.3) is 5.91 Å². The topological polar surface area (TPSA) is 84.3 Å². The van der Waals surface area contributed by atoms with Crippen LogP contribution in [-0.2, 0) is 17.1 Å². The molecule has 128 valence electrons. The Morgan fingerprint density at radius 3 is 3.00 bits per heavy atom. The number of aromatic nitrogens is 2. The molecule has 1 N–H and O–H groups in total. The van der Waals surface area contributed by atoms with Crippen LogP contribution in [0, 0.1) is 0 Å². The fourth-order valence-electron chi connectivity index (χ4n) is 2.76. The van der Waals surface area contributed by atoms with Crippen LogP contribution in [0.5, 0.6) is 0 Å². The zero-order valence-corrected chi connectivity index (χ0v) is 14.3. The summed E-state index contributed by atoms with van der Waals surface area (Å²) >= 11 is 0. The number of hydrogen-bond acceptors (Lipinski definition) is 4. The Hall–Kier alpha value is -1.67. The molecule has 1 amide bonds. The zero-order valence-electron chi connectivity index (χ0n) is 13.4. The summed E-state index contributed by atoms with van der Waals surface area (Å²) in [6.07, 6.45) is 7.72. The Labute approximate surface area is 137 Å². The molecule has 0 aromatic carbocycles. The zero-order chi connectivity index (χ0) is 16.9. The standard InChI is InChI=1S/C15H24N4O3S/c1-3-4-5-9-23(21,22)19-8-6-7-14(19)11-16-15(20)13-10-17-18(2)12-13/h3,10,12,14H,1,4-9,11H2,2H3,(H,16,20). The van der Waals surface area contributed by atoms with Gasteiger partial charge in [-0.25, -0.2) is 8.42 Å². The third-order valence-electron chi connectivity index (χ3n) is 3.96. The van der Waals surface area contributed by atoms with Crippen molar-refractivity contribution in [2.24, 2.45) is 7.05 Å². The number of nitrogens with one attached hydrogen (secondary N) is 1. The monoisotopic (exact) mass is 340 g/mol. The SMILES string of the molecule is C=CCCCS(=O)(=O)N1CCCC1CNC(=O)c1cnn(C)c1. The van der Waals surface area contributed by atoms with E-state index in [1.165, 1.54) is 6.20 Å². The molecule has 0 radical (unpaired) electrons. The summed E-state index contributed by atoms with van der Waals surface area (Å²) in [7, 11) is -1.53. The lowest BCUT2D eigenvalue weighted by molar-refractivity contribution is 0.0946. The number of rotatable bonds is 8. The van der Waals surface area contributed by atoms with Crippen molar-refractivity contribution in [1.82, 2.24) is 19.4 Å². The van der Waals surface area contributed by atoms with E-state index in [0.717, 1.165) is 12.8 Å². The quantitative estimate of drug-likeness (QED) is 0.563. The minimum Gasteiger partial charge on any atom is -0.350 e. The van der Waals surface area contributed by atoms with Gasteiger partial charge in [-0.1, -0.05) is 6.08 Å². The molecule has 0 aliphatic carbocycles. The van der Waals surface area contributed by atoms with Crippen molar-refractivity contribution >= 4 is 15.9 Å². The van der Waals surface area contributed by atoms with Gasteiger partial charge in [-0.05, 0) is 25.7 Å². The predicted molar refractivity (Wildman–Crippen MR) is 88.5 cm³/mol. The lowest BCUT2D eigenvalue weighted by Gasteiger charge is -2.24. The van der Waals surface area contributed by atoms with Crippen LogP contribution in [0.4, 0.5) is 0 Å². The average molecular weight is 340 g/mol. The van der Waals surface area contributed by atoms with Gasteiger partial charge in [0.1, 0.15) is 0 Å². The third-order valence-corrected chi connectivity index (χ3v) is 5.96. The van der Waals surface area contributed by atoms with Gasteiger partial charge in [0, 0.05) is 32.4 Å². The first kappa shape index (κ1) is 17.7. The third kappa shape index (κ3) is 4.65. The van der Waals surface area contributed by atoms with E-state index in [1.54, 1.807) is 28.3 Å². The van der Waals surface area contributed by atoms with Gasteiger partial charge in [0.05, 0.1) is 17.5 Å². The van der Waals surface area contributed by atoms with Gasteiger partial charge in [0.15, 0.2) is 0 Å². The summed E-state index contributed by atoms with van der Waals surface area (Å²) < 4.78 is 27.9. The van der Waals surface area contributed by atoms with Crippen molar-refractivity contribution in [3.63, 3.8) is 0 Å². The fraction of sp³-hybridized carbons (Fsp3) is 0.600. The summed E-state index contributed by atoms with van der Waals surface area (Å²) in [5, 5.41) is 6.76. The second-order valence-electron chi connectivity index (χ2n) is 5.77. The van der Waals surface area contributed by atoms with Gasteiger partial charge < -0.3 is 5.32 Å². The highest BCUT2D eigenvalue weighted by Crippen LogP contribution is 2.21. The molecule has 1 aromatic rings. The molecule has 1 unspecified atom stereocenters. The Kier molecular flexibility index (Phi) is 5.95. The Bertz CT molecular complexity index is 653. The molecule has 2 heterocycles. The number of nitrogens with zero attached hydrogens (tertiary/aromatic N) is 3. The highest BCUT2D eigenvalue weighted by atomic mass is 32.2. The molecule has 1 aliphatic rings. The number of carbonyl (C=O) groups excluding carboxylic acids is 1. The van der Waals surface area contributed by atoms with Crippen LogP contribution >= 0.6 is 0 Å². The minimum absolute atomic E-state index is 0.131. The van der Waals surface area contributed by atoms with Crippen LogP contribution in [0.3, 0.4) is 0 Å². The van der Waals surface area contributed by atoms with Crippen molar-refractivity contribution in [3.05, 3.63) is 30.6 Å². The summed E-state index contributed by atoms with van der Waals surface area (Å²) in [6.45, 7) is 4.47. The molecule has 1 fully saturated rings. The van der Waals surface area contributed by atoms with Gasteiger partial charge >= 0.3 is 0 Å². The summed E-state index contributed by atoms with van der Waals surface area (Å²) in [5.74, 6) is -0.0967. The van der Waals surface area contributed by atoms with Gasteiger partial charge in [0.2, 0.25) is 10.0 Å². The molecule has 7 nitrogen and oxygen atoms in total. The number of sulfonamides is 1. The maximum Gasteiger partial charge on any atom is 0.254 e. The largest absolute Gasteiger partial charge is 0.350 e. The Balaban J connectivity index is 1.91. The minimum atomic E-state index is -3.27. The second-order valence-corrected chi connectivity index (χ2v) is 7.81. The molecule has 23 heavy (non-hydrogen) atoms. The van der Waals surface area contributed by atoms with Crippen LogP contribution < -0.4 is 5.32 Å². The number of aryl methyl sites for hydroxylation is 1. The Morgan fingerprint density at radius 1 is 1.57 bits per heavy atom. The lowest BCUT2D eigenvalue weighted by atomic mass is 10.2. The van der Waals surface area contributed by atoms with Crippen LogP contribution in [0.1, 0.15) is 36.0 Å². The second kappa shape index (κ2) is 7.74. The molecule has 1 aromatic heterocycles. The highest BCUT2D eigenvalue weighted by Gasteiger charge is 2.33. The first-order valence-electron chi connectivity index (χ1n) is 7.81. The molecule has 1 atom stereocenters. The van der Waals surface area contributed by atoms with E-state index in [1.807, 2.05) is 0 Å².